The van der Waals surface area contributed by atoms with Crippen LogP contribution in [-0.2, 0) is 0 Å². The molecule has 0 spiro atoms. The molecular weight excluding hydrogens is 244 g/mol. The molecule has 2 rings (SSSR count). The van der Waals surface area contributed by atoms with Crippen molar-refractivity contribution in [2.45, 2.75) is 0 Å². The molecule has 0 aromatic heterocycles. The van der Waals surface area contributed by atoms with E-state index in [2.05, 4.69) is 11.9 Å². The van der Waals surface area contributed by atoms with E-state index in [4.69, 9.17) is 26.8 Å². The third-order valence-corrected chi connectivity index (χ3v) is 2.36. The molecule has 1 heterocycles. The van der Waals surface area contributed by atoms with Gasteiger partial charge in [0.25, 0.3) is 5.91 Å². The minimum atomic E-state index is -0.331. The van der Waals surface area contributed by atoms with Crippen LogP contribution in [0.15, 0.2) is 23.7 Å². The van der Waals surface area contributed by atoms with Gasteiger partial charge in [0.05, 0.1) is 12.1 Å². The summed E-state index contributed by atoms with van der Waals surface area (Å²) in [6.07, 6.45) is 0. The zero-order chi connectivity index (χ0) is 12.4. The SMILES string of the molecule is C=C(Cl)CNC(=O)c1cc2c(cc1N)OCO2. The number of halogens is 1. The number of rotatable bonds is 3. The molecule has 1 amide bonds. The fourth-order valence-electron chi connectivity index (χ4n) is 1.43. The maximum Gasteiger partial charge on any atom is 0.253 e. The Morgan fingerprint density at radius 3 is 2.76 bits per heavy atom. The maximum atomic E-state index is 11.8. The van der Waals surface area contributed by atoms with E-state index in [0.29, 0.717) is 27.8 Å². The number of hydrogen-bond acceptors (Lipinski definition) is 4. The standard InChI is InChI=1S/C11H11ClN2O3/c1-6(12)4-14-11(15)7-2-9-10(3-8(7)13)17-5-16-9/h2-3H,1,4-5,13H2,(H,14,15). The monoisotopic (exact) mass is 254 g/mol. The Balaban J connectivity index is 2.20. The van der Waals surface area contributed by atoms with Gasteiger partial charge in [0.2, 0.25) is 6.79 Å². The minimum absolute atomic E-state index is 0.137. The highest BCUT2D eigenvalue weighted by Crippen LogP contribution is 2.35. The van der Waals surface area contributed by atoms with Crippen molar-refractivity contribution in [3.8, 4) is 11.5 Å². The van der Waals surface area contributed by atoms with Gasteiger partial charge in [-0.15, -0.1) is 0 Å². The number of hydrogen-bond donors (Lipinski definition) is 2. The van der Waals surface area contributed by atoms with Crippen LogP contribution in [0.3, 0.4) is 0 Å². The molecule has 3 N–H and O–H groups in total. The van der Waals surface area contributed by atoms with Gasteiger partial charge in [-0.3, -0.25) is 4.79 Å². The molecule has 0 saturated heterocycles. The number of fused-ring (bicyclic) bond motifs is 1. The van der Waals surface area contributed by atoms with E-state index in [-0.39, 0.29) is 19.2 Å². The Morgan fingerprint density at radius 1 is 1.47 bits per heavy atom. The Morgan fingerprint density at radius 2 is 2.12 bits per heavy atom. The first kappa shape index (κ1) is 11.6. The quantitative estimate of drug-likeness (QED) is 0.802. The van der Waals surface area contributed by atoms with Gasteiger partial charge >= 0.3 is 0 Å². The zero-order valence-corrected chi connectivity index (χ0v) is 9.71. The van der Waals surface area contributed by atoms with Gasteiger partial charge in [0.1, 0.15) is 0 Å². The second kappa shape index (κ2) is 4.55. The highest BCUT2D eigenvalue weighted by molar-refractivity contribution is 6.29. The van der Waals surface area contributed by atoms with Crippen molar-refractivity contribution in [1.29, 1.82) is 0 Å². The topological polar surface area (TPSA) is 73.6 Å². The Hall–Kier alpha value is -1.88. The maximum absolute atomic E-state index is 11.8. The molecule has 1 aromatic rings. The predicted octanol–water partition coefficient (Wildman–Crippen LogP) is 1.48. The third kappa shape index (κ3) is 2.45. The van der Waals surface area contributed by atoms with Gasteiger partial charge < -0.3 is 20.5 Å². The highest BCUT2D eigenvalue weighted by atomic mass is 35.5. The lowest BCUT2D eigenvalue weighted by atomic mass is 10.1. The lowest BCUT2D eigenvalue weighted by molar-refractivity contribution is 0.0958. The van der Waals surface area contributed by atoms with Gasteiger partial charge in [-0.05, 0) is 6.07 Å². The molecule has 17 heavy (non-hydrogen) atoms. The fourth-order valence-corrected chi connectivity index (χ4v) is 1.49. The number of carbonyl (C=O) groups excluding carboxylic acids is 1. The molecule has 6 heteroatoms. The van der Waals surface area contributed by atoms with Crippen molar-refractivity contribution in [2.24, 2.45) is 0 Å². The van der Waals surface area contributed by atoms with Crippen LogP contribution in [0.4, 0.5) is 5.69 Å². The molecule has 0 atom stereocenters. The van der Waals surface area contributed by atoms with E-state index in [1.54, 1.807) is 12.1 Å². The summed E-state index contributed by atoms with van der Waals surface area (Å²) in [4.78, 5) is 11.8. The molecule has 1 aromatic carbocycles. The molecule has 0 saturated carbocycles. The smallest absolute Gasteiger partial charge is 0.253 e. The summed E-state index contributed by atoms with van der Waals surface area (Å²) in [5, 5.41) is 2.93. The van der Waals surface area contributed by atoms with E-state index in [0.717, 1.165) is 0 Å². The van der Waals surface area contributed by atoms with Crippen molar-refractivity contribution >= 4 is 23.2 Å². The molecular formula is C11H11ClN2O3. The second-order valence-corrected chi connectivity index (χ2v) is 4.03. The molecule has 0 radical (unpaired) electrons. The molecule has 0 fully saturated rings. The summed E-state index contributed by atoms with van der Waals surface area (Å²) in [6, 6.07) is 3.11. The van der Waals surface area contributed by atoms with Crippen LogP contribution < -0.4 is 20.5 Å². The van der Waals surface area contributed by atoms with E-state index >= 15 is 0 Å². The van der Waals surface area contributed by atoms with Gasteiger partial charge in [-0.2, -0.15) is 0 Å². The molecule has 0 bridgehead atoms. The zero-order valence-electron chi connectivity index (χ0n) is 8.96. The largest absolute Gasteiger partial charge is 0.454 e. The molecule has 90 valence electrons. The Labute approximate surface area is 103 Å². The van der Waals surface area contributed by atoms with Crippen molar-refractivity contribution in [2.75, 3.05) is 19.1 Å². The first-order valence-electron chi connectivity index (χ1n) is 4.88. The number of nitrogen functional groups attached to an aromatic ring is 1. The van der Waals surface area contributed by atoms with Crippen LogP contribution in [0.25, 0.3) is 0 Å². The van der Waals surface area contributed by atoms with Crippen LogP contribution in [0, 0.1) is 0 Å². The van der Waals surface area contributed by atoms with Gasteiger partial charge in [-0.25, -0.2) is 0 Å². The average molecular weight is 255 g/mol. The van der Waals surface area contributed by atoms with E-state index in [1.807, 2.05) is 0 Å². The highest BCUT2D eigenvalue weighted by Gasteiger charge is 2.19. The van der Waals surface area contributed by atoms with Crippen molar-refractivity contribution in [1.82, 2.24) is 5.32 Å². The van der Waals surface area contributed by atoms with Crippen molar-refractivity contribution < 1.29 is 14.3 Å². The summed E-state index contributed by atoms with van der Waals surface area (Å²) in [5.74, 6) is 0.720. The summed E-state index contributed by atoms with van der Waals surface area (Å²) in [5.41, 5.74) is 6.40. The third-order valence-electron chi connectivity index (χ3n) is 2.23. The molecule has 5 nitrogen and oxygen atoms in total. The first-order valence-corrected chi connectivity index (χ1v) is 5.26. The van der Waals surface area contributed by atoms with Gasteiger partial charge in [-0.1, -0.05) is 18.2 Å². The summed E-state index contributed by atoms with van der Waals surface area (Å²) in [6.45, 7) is 3.80. The van der Waals surface area contributed by atoms with Crippen LogP contribution in [-0.4, -0.2) is 19.2 Å². The molecule has 0 unspecified atom stereocenters. The average Bonchev–Trinajstić information content (AvgIpc) is 2.71. The van der Waals surface area contributed by atoms with Crippen LogP contribution in [0.1, 0.15) is 10.4 Å². The Kier molecular flexibility index (Phi) is 3.10. The summed E-state index contributed by atoms with van der Waals surface area (Å²) < 4.78 is 10.3. The summed E-state index contributed by atoms with van der Waals surface area (Å²) >= 11 is 5.56. The number of carbonyl (C=O) groups is 1. The van der Waals surface area contributed by atoms with E-state index in [1.165, 1.54) is 0 Å². The van der Waals surface area contributed by atoms with Gasteiger partial charge in [0.15, 0.2) is 11.5 Å². The van der Waals surface area contributed by atoms with Crippen LogP contribution in [0.5, 0.6) is 11.5 Å². The van der Waals surface area contributed by atoms with Gasteiger partial charge in [0, 0.05) is 16.8 Å². The fraction of sp³-hybridized carbons (Fsp3) is 0.182. The summed E-state index contributed by atoms with van der Waals surface area (Å²) in [7, 11) is 0. The number of nitrogens with one attached hydrogen (secondary N) is 1. The first-order chi connectivity index (χ1) is 8.08. The lowest BCUT2D eigenvalue weighted by Crippen LogP contribution is -2.25. The number of amides is 1. The number of ether oxygens (including phenoxy) is 2. The van der Waals surface area contributed by atoms with Crippen LogP contribution in [0.2, 0.25) is 0 Å². The Bertz CT molecular complexity index is 488. The molecule has 1 aliphatic rings. The van der Waals surface area contributed by atoms with E-state index in [9.17, 15) is 4.79 Å². The number of anilines is 1. The van der Waals surface area contributed by atoms with Crippen molar-refractivity contribution in [3.05, 3.63) is 29.3 Å². The minimum Gasteiger partial charge on any atom is -0.454 e. The predicted molar refractivity (Wildman–Crippen MR) is 64.3 cm³/mol. The molecule has 1 aliphatic heterocycles. The number of benzene rings is 1. The lowest BCUT2D eigenvalue weighted by Gasteiger charge is -2.07. The van der Waals surface area contributed by atoms with Crippen molar-refractivity contribution in [3.63, 3.8) is 0 Å². The van der Waals surface area contributed by atoms with Crippen LogP contribution >= 0.6 is 11.6 Å². The number of nitrogens with two attached hydrogens (primary N) is 1. The molecule has 0 aliphatic carbocycles. The normalized spacial score (nSPS) is 12.3. The van der Waals surface area contributed by atoms with E-state index < -0.39 is 0 Å². The second-order valence-electron chi connectivity index (χ2n) is 3.49.